The summed E-state index contributed by atoms with van der Waals surface area (Å²) in [6.45, 7) is 0.279. The Kier molecular flexibility index (Phi) is 5.74. The summed E-state index contributed by atoms with van der Waals surface area (Å²) >= 11 is 0. The number of carbonyl (C=O) groups is 2. The van der Waals surface area contributed by atoms with Crippen LogP contribution in [0.5, 0.6) is 5.75 Å². The van der Waals surface area contributed by atoms with Crippen molar-refractivity contribution in [3.8, 4) is 5.75 Å². The number of benzene rings is 2. The lowest BCUT2D eigenvalue weighted by Crippen LogP contribution is -2.30. The van der Waals surface area contributed by atoms with Crippen molar-refractivity contribution in [2.45, 2.75) is 38.0 Å². The van der Waals surface area contributed by atoms with Gasteiger partial charge in [0, 0.05) is 12.5 Å². The summed E-state index contributed by atoms with van der Waals surface area (Å²) < 4.78 is 34.5. The molecule has 0 spiro atoms. The number of hydrogen-bond acceptors (Lipinski definition) is 5. The maximum absolute atomic E-state index is 12.5. The van der Waals surface area contributed by atoms with Crippen molar-refractivity contribution in [3.05, 3.63) is 59.7 Å². The molecule has 0 saturated carbocycles. The predicted octanol–water partition coefficient (Wildman–Crippen LogP) is 1.31. The molecule has 30 heavy (non-hydrogen) atoms. The second kappa shape index (κ2) is 8.45. The molecule has 1 unspecified atom stereocenters. The van der Waals surface area contributed by atoms with Crippen molar-refractivity contribution in [2.75, 3.05) is 10.8 Å². The van der Waals surface area contributed by atoms with Crippen molar-refractivity contribution in [3.63, 3.8) is 0 Å². The number of nitrogens with zero attached hydrogens (tertiary/aromatic N) is 1. The number of ether oxygens (including phenoxy) is 1. The minimum absolute atomic E-state index is 0.00552. The summed E-state index contributed by atoms with van der Waals surface area (Å²) in [6, 6.07) is 14.2. The first kappa shape index (κ1) is 20.4. The van der Waals surface area contributed by atoms with Crippen LogP contribution >= 0.6 is 0 Å². The minimum atomic E-state index is -3.83. The third kappa shape index (κ3) is 4.47. The molecule has 2 atom stereocenters. The number of nitrogens with one attached hydrogen (secondary N) is 2. The molecular weight excluding hydrogens is 406 g/mol. The summed E-state index contributed by atoms with van der Waals surface area (Å²) in [5, 5.41) is 2.94. The van der Waals surface area contributed by atoms with Crippen LogP contribution in [-0.4, -0.2) is 39.2 Å². The van der Waals surface area contributed by atoms with Gasteiger partial charge >= 0.3 is 10.2 Å². The Bertz CT molecular complexity index is 1040. The first-order chi connectivity index (χ1) is 14.4. The summed E-state index contributed by atoms with van der Waals surface area (Å²) in [5.74, 6) is 0.462. The fraction of sp³-hybridized carbons (Fsp3) is 0.333. The molecule has 2 N–H and O–H groups in total. The van der Waals surface area contributed by atoms with Gasteiger partial charge in [0.15, 0.2) is 0 Å². The van der Waals surface area contributed by atoms with Gasteiger partial charge in [0.05, 0.1) is 18.3 Å². The van der Waals surface area contributed by atoms with Gasteiger partial charge in [-0.15, -0.1) is 0 Å². The Hall–Kier alpha value is -2.91. The lowest BCUT2D eigenvalue weighted by atomic mass is 10.0. The Morgan fingerprint density at radius 3 is 2.60 bits per heavy atom. The van der Waals surface area contributed by atoms with Crippen molar-refractivity contribution >= 4 is 28.1 Å². The van der Waals surface area contributed by atoms with E-state index in [4.69, 9.17) is 4.74 Å². The lowest BCUT2D eigenvalue weighted by molar-refractivity contribution is -0.119. The first-order valence-corrected chi connectivity index (χ1v) is 11.2. The second-order valence-electron chi connectivity index (χ2n) is 7.48. The van der Waals surface area contributed by atoms with E-state index >= 15 is 0 Å². The van der Waals surface area contributed by atoms with Crippen molar-refractivity contribution in [1.82, 2.24) is 10.0 Å². The van der Waals surface area contributed by atoms with Crippen LogP contribution in [0.1, 0.15) is 24.0 Å². The standard InChI is InChI=1S/C21H23N3O5S/c25-13-18-12-24(30(27,28)23-18)19-8-6-16(10-17-7-9-21(26)22-17)11-20(19)29-14-15-4-2-1-3-5-15/h1-6,8,11,13,17-18,23H,7,9-10,12,14H2,(H,22,26)/t17-,18?/m0/s1. The predicted molar refractivity (Wildman–Crippen MR) is 111 cm³/mol. The number of anilines is 1. The van der Waals surface area contributed by atoms with E-state index in [9.17, 15) is 18.0 Å². The van der Waals surface area contributed by atoms with Gasteiger partial charge in [-0.1, -0.05) is 36.4 Å². The zero-order valence-electron chi connectivity index (χ0n) is 16.3. The normalized spacial score (nSPS) is 22.7. The summed E-state index contributed by atoms with van der Waals surface area (Å²) in [5.41, 5.74) is 2.26. The average molecular weight is 429 g/mol. The van der Waals surface area contributed by atoms with E-state index in [0.717, 1.165) is 21.9 Å². The number of amides is 1. The van der Waals surface area contributed by atoms with E-state index < -0.39 is 16.3 Å². The van der Waals surface area contributed by atoms with Gasteiger partial charge in [-0.2, -0.15) is 13.1 Å². The highest BCUT2D eigenvalue weighted by molar-refractivity contribution is 7.91. The number of rotatable bonds is 7. The largest absolute Gasteiger partial charge is 0.487 e. The zero-order chi connectivity index (χ0) is 21.1. The molecule has 2 saturated heterocycles. The highest BCUT2D eigenvalue weighted by Gasteiger charge is 2.37. The highest BCUT2D eigenvalue weighted by Crippen LogP contribution is 2.34. The van der Waals surface area contributed by atoms with Crippen LogP contribution in [0.4, 0.5) is 5.69 Å². The van der Waals surface area contributed by atoms with Crippen LogP contribution in [0.15, 0.2) is 48.5 Å². The zero-order valence-corrected chi connectivity index (χ0v) is 17.1. The van der Waals surface area contributed by atoms with E-state index in [1.807, 2.05) is 42.5 Å². The molecule has 2 aliphatic heterocycles. The quantitative estimate of drug-likeness (QED) is 0.646. The van der Waals surface area contributed by atoms with Gasteiger partial charge in [-0.05, 0) is 36.1 Å². The molecular formula is C21H23N3O5S. The van der Waals surface area contributed by atoms with E-state index in [1.54, 1.807) is 6.07 Å². The van der Waals surface area contributed by atoms with Gasteiger partial charge in [-0.3, -0.25) is 9.10 Å². The smallest absolute Gasteiger partial charge is 0.302 e. The van der Waals surface area contributed by atoms with E-state index in [2.05, 4.69) is 10.0 Å². The summed E-state index contributed by atoms with van der Waals surface area (Å²) in [6.07, 6.45) is 2.51. The minimum Gasteiger partial charge on any atom is -0.487 e. The Labute approximate surface area is 175 Å². The van der Waals surface area contributed by atoms with Crippen molar-refractivity contribution < 1.29 is 22.7 Å². The van der Waals surface area contributed by atoms with Crippen molar-refractivity contribution in [1.29, 1.82) is 0 Å². The molecule has 0 aromatic heterocycles. The van der Waals surface area contributed by atoms with Crippen LogP contribution in [0.25, 0.3) is 0 Å². The van der Waals surface area contributed by atoms with Crippen LogP contribution in [0, 0.1) is 0 Å². The van der Waals surface area contributed by atoms with Gasteiger partial charge < -0.3 is 14.8 Å². The fourth-order valence-corrected chi connectivity index (χ4v) is 5.13. The summed E-state index contributed by atoms with van der Waals surface area (Å²) in [7, 11) is -3.83. The lowest BCUT2D eigenvalue weighted by Gasteiger charge is -2.21. The van der Waals surface area contributed by atoms with Crippen molar-refractivity contribution in [2.24, 2.45) is 0 Å². The molecule has 9 heteroatoms. The molecule has 2 heterocycles. The molecule has 8 nitrogen and oxygen atoms in total. The number of carbonyl (C=O) groups excluding carboxylic acids is 2. The number of hydrogen-bond donors (Lipinski definition) is 2. The topological polar surface area (TPSA) is 105 Å². The molecule has 4 rings (SSSR count). The molecule has 2 aliphatic rings. The van der Waals surface area contributed by atoms with Crippen LogP contribution in [0.2, 0.25) is 0 Å². The number of aldehydes is 1. The molecule has 0 aliphatic carbocycles. The molecule has 0 radical (unpaired) electrons. The van der Waals surface area contributed by atoms with Gasteiger partial charge in [0.25, 0.3) is 0 Å². The van der Waals surface area contributed by atoms with Gasteiger partial charge in [0.2, 0.25) is 5.91 Å². The Balaban J connectivity index is 1.62. The molecule has 2 fully saturated rings. The maximum atomic E-state index is 12.5. The monoisotopic (exact) mass is 429 g/mol. The molecule has 2 aromatic rings. The molecule has 158 valence electrons. The van der Waals surface area contributed by atoms with Crippen LogP contribution in [0.3, 0.4) is 0 Å². The molecule has 1 amide bonds. The van der Waals surface area contributed by atoms with Crippen LogP contribution < -0.4 is 19.1 Å². The molecule has 0 bridgehead atoms. The van der Waals surface area contributed by atoms with Gasteiger partial charge in [-0.25, -0.2) is 0 Å². The van der Waals surface area contributed by atoms with E-state index in [0.29, 0.717) is 30.6 Å². The highest BCUT2D eigenvalue weighted by atomic mass is 32.2. The first-order valence-electron chi connectivity index (χ1n) is 9.79. The Morgan fingerprint density at radius 1 is 1.13 bits per heavy atom. The second-order valence-corrected chi connectivity index (χ2v) is 9.11. The van der Waals surface area contributed by atoms with Crippen LogP contribution in [-0.2, 0) is 32.8 Å². The third-order valence-corrected chi connectivity index (χ3v) is 6.74. The van der Waals surface area contributed by atoms with Gasteiger partial charge in [0.1, 0.15) is 18.6 Å². The third-order valence-electron chi connectivity index (χ3n) is 5.21. The Morgan fingerprint density at radius 2 is 1.93 bits per heavy atom. The fourth-order valence-electron chi connectivity index (χ4n) is 3.73. The SMILES string of the molecule is O=CC1CN(c2ccc(C[C@@H]3CCC(=O)N3)cc2OCc2ccccc2)S(=O)(=O)N1. The average Bonchev–Trinajstić information content (AvgIpc) is 3.28. The van der Waals surface area contributed by atoms with E-state index in [1.165, 1.54) is 0 Å². The maximum Gasteiger partial charge on any atom is 0.302 e. The van der Waals surface area contributed by atoms with E-state index in [-0.39, 0.29) is 25.1 Å². The summed E-state index contributed by atoms with van der Waals surface area (Å²) in [4.78, 5) is 22.6. The molecule has 2 aromatic carbocycles.